The number of benzene rings is 2. The molecule has 1 fully saturated rings. The summed E-state index contributed by atoms with van der Waals surface area (Å²) in [7, 11) is 0. The molecule has 0 radical (unpaired) electrons. The van der Waals surface area contributed by atoms with Crippen molar-refractivity contribution in [1.29, 1.82) is 0 Å². The van der Waals surface area contributed by atoms with Crippen LogP contribution in [-0.4, -0.2) is 40.6 Å². The summed E-state index contributed by atoms with van der Waals surface area (Å²) in [4.78, 5) is 28.6. The third-order valence-corrected chi connectivity index (χ3v) is 5.73. The lowest BCUT2D eigenvalue weighted by molar-refractivity contribution is -0.137. The van der Waals surface area contributed by atoms with Crippen molar-refractivity contribution in [3.8, 4) is 5.75 Å². The summed E-state index contributed by atoms with van der Waals surface area (Å²) in [5.41, 5.74) is 3.79. The number of rotatable bonds is 4. The number of amides is 2. The van der Waals surface area contributed by atoms with E-state index in [9.17, 15) is 27.2 Å². The molecule has 4 rings (SSSR count). The van der Waals surface area contributed by atoms with E-state index in [4.69, 9.17) is 31.2 Å². The van der Waals surface area contributed by atoms with E-state index < -0.39 is 41.2 Å². The number of primary amides is 1. The van der Waals surface area contributed by atoms with Gasteiger partial charge in [0.25, 0.3) is 5.91 Å². The van der Waals surface area contributed by atoms with Crippen molar-refractivity contribution in [2.45, 2.75) is 57.9 Å². The van der Waals surface area contributed by atoms with Crippen LogP contribution in [0, 0.1) is 5.82 Å². The van der Waals surface area contributed by atoms with Gasteiger partial charge >= 0.3 is 12.3 Å². The molecule has 39 heavy (non-hydrogen) atoms. The van der Waals surface area contributed by atoms with Crippen LogP contribution in [0.4, 0.5) is 22.4 Å². The van der Waals surface area contributed by atoms with Gasteiger partial charge in [-0.25, -0.2) is 14.2 Å². The minimum Gasteiger partial charge on any atom is -0.484 e. The number of halogens is 5. The third kappa shape index (κ3) is 8.47. The molecule has 1 saturated heterocycles. The molecule has 1 aliphatic heterocycles. The predicted octanol–water partition coefficient (Wildman–Crippen LogP) is 6.65. The van der Waals surface area contributed by atoms with E-state index in [-0.39, 0.29) is 28.9 Å². The molecule has 3 aromatic rings. The molecule has 0 bridgehead atoms. The average Bonchev–Trinajstić information content (AvgIpc) is 3.27. The number of carbonyl (C=O) groups is 2. The Morgan fingerprint density at radius 2 is 1.87 bits per heavy atom. The van der Waals surface area contributed by atoms with Crippen LogP contribution in [0.1, 0.15) is 57.5 Å². The smallest absolute Gasteiger partial charge is 0.416 e. The molecule has 0 aliphatic carbocycles. The number of ether oxygens (including phenoxy) is 2. The number of likely N-dealkylation sites (tertiary alicyclic amines) is 1. The van der Waals surface area contributed by atoms with E-state index in [0.29, 0.717) is 18.5 Å². The highest BCUT2D eigenvalue weighted by atomic mass is 35.5. The second kappa shape index (κ2) is 12.1. The summed E-state index contributed by atoms with van der Waals surface area (Å²) in [5, 5.41) is 0.00595. The normalized spacial score (nSPS) is 15.9. The summed E-state index contributed by atoms with van der Waals surface area (Å²) in [6.07, 6.45) is -2.60. The lowest BCUT2D eigenvalue weighted by atomic mass is 10.0. The number of nitrogens with zero attached hydrogens (tertiary/aromatic N) is 2. The van der Waals surface area contributed by atoms with Crippen molar-refractivity contribution >= 4 is 34.7 Å². The summed E-state index contributed by atoms with van der Waals surface area (Å²) < 4.78 is 67.2. The van der Waals surface area contributed by atoms with Gasteiger partial charge in [0.1, 0.15) is 28.7 Å². The maximum absolute atomic E-state index is 12.9. The third-order valence-electron chi connectivity index (χ3n) is 5.42. The van der Waals surface area contributed by atoms with Gasteiger partial charge in [-0.2, -0.15) is 13.2 Å². The molecule has 2 N–H and O–H groups in total. The fraction of sp³-hybridized carbons (Fsp3) is 0.423. The highest BCUT2D eigenvalue weighted by Crippen LogP contribution is 2.36. The molecule has 2 heterocycles. The summed E-state index contributed by atoms with van der Waals surface area (Å²) >= 11 is 5.42. The fourth-order valence-electron chi connectivity index (χ4n) is 3.71. The van der Waals surface area contributed by atoms with E-state index in [1.807, 2.05) is 0 Å². The lowest BCUT2D eigenvalue weighted by Crippen LogP contribution is -2.42. The van der Waals surface area contributed by atoms with Crippen molar-refractivity contribution in [2.24, 2.45) is 5.73 Å². The second-order valence-electron chi connectivity index (χ2n) is 9.75. The van der Waals surface area contributed by atoms with Crippen LogP contribution in [0.2, 0.25) is 5.02 Å². The van der Waals surface area contributed by atoms with Gasteiger partial charge < -0.3 is 19.6 Å². The quantitative estimate of drug-likeness (QED) is 0.350. The first-order chi connectivity index (χ1) is 18.1. The topological polar surface area (TPSA) is 108 Å². The number of alkyl halides is 3. The van der Waals surface area contributed by atoms with Crippen LogP contribution < -0.4 is 10.5 Å². The van der Waals surface area contributed by atoms with E-state index in [0.717, 1.165) is 31.0 Å². The Bertz CT molecular complexity index is 1320. The zero-order valence-electron chi connectivity index (χ0n) is 21.5. The fourth-order valence-corrected chi connectivity index (χ4v) is 3.83. The Morgan fingerprint density at radius 1 is 1.15 bits per heavy atom. The number of piperidine rings is 1. The van der Waals surface area contributed by atoms with E-state index >= 15 is 0 Å². The molecule has 1 aliphatic rings. The summed E-state index contributed by atoms with van der Waals surface area (Å²) in [6, 6.07) is 6.63. The minimum absolute atomic E-state index is 0.00595. The number of aromatic nitrogens is 1. The van der Waals surface area contributed by atoms with Crippen LogP contribution in [0.5, 0.6) is 5.75 Å². The molecule has 2 aromatic carbocycles. The number of fused-ring (bicyclic) bond motifs is 1. The number of hydrogen-bond acceptors (Lipinski definition) is 6. The first kappa shape index (κ1) is 30.0. The molecule has 13 heteroatoms. The molecule has 8 nitrogen and oxygen atoms in total. The van der Waals surface area contributed by atoms with Gasteiger partial charge in [-0.1, -0.05) is 11.6 Å². The van der Waals surface area contributed by atoms with E-state index in [1.54, 1.807) is 25.7 Å². The molecule has 1 unspecified atom stereocenters. The Labute approximate surface area is 227 Å². The number of oxazole rings is 1. The average molecular weight is 574 g/mol. The molecular formula is C26H28ClF4N3O5. The molecule has 212 valence electrons. The van der Waals surface area contributed by atoms with Crippen LogP contribution >= 0.6 is 11.6 Å². The Morgan fingerprint density at radius 3 is 2.49 bits per heavy atom. The van der Waals surface area contributed by atoms with Gasteiger partial charge in [0.15, 0.2) is 12.2 Å². The minimum atomic E-state index is -4.45. The zero-order chi connectivity index (χ0) is 29.0. The summed E-state index contributed by atoms with van der Waals surface area (Å²) in [5.74, 6) is -0.746. The highest BCUT2D eigenvalue weighted by Gasteiger charge is 2.35. The largest absolute Gasteiger partial charge is 0.484 e. The Hall–Kier alpha value is -3.54. The second-order valence-corrected chi connectivity index (χ2v) is 10.2. The highest BCUT2D eigenvalue weighted by molar-refractivity contribution is 6.30. The van der Waals surface area contributed by atoms with Crippen molar-refractivity contribution in [3.05, 3.63) is 58.7 Å². The number of hydrogen-bond donors (Lipinski definition) is 1. The van der Waals surface area contributed by atoms with Gasteiger partial charge in [0.2, 0.25) is 5.89 Å². The van der Waals surface area contributed by atoms with E-state index in [1.165, 1.54) is 18.2 Å². The summed E-state index contributed by atoms with van der Waals surface area (Å²) in [6.45, 7) is 5.55. The first-order valence-electron chi connectivity index (χ1n) is 12.0. The molecular weight excluding hydrogens is 546 g/mol. The lowest BCUT2D eigenvalue weighted by Gasteiger charge is -2.35. The van der Waals surface area contributed by atoms with E-state index in [2.05, 4.69) is 4.98 Å². The van der Waals surface area contributed by atoms with Gasteiger partial charge in [0, 0.05) is 12.6 Å². The van der Waals surface area contributed by atoms with Crippen LogP contribution in [-0.2, 0) is 15.7 Å². The van der Waals surface area contributed by atoms with Crippen LogP contribution in [0.25, 0.3) is 11.1 Å². The van der Waals surface area contributed by atoms with Gasteiger partial charge in [0.05, 0.1) is 10.6 Å². The maximum Gasteiger partial charge on any atom is 0.416 e. The van der Waals surface area contributed by atoms with Gasteiger partial charge in [-0.05, 0) is 70.4 Å². The Balaban J connectivity index is 0.000000272. The van der Waals surface area contributed by atoms with Crippen LogP contribution in [0.3, 0.4) is 0 Å². The van der Waals surface area contributed by atoms with Crippen LogP contribution in [0.15, 0.2) is 40.8 Å². The van der Waals surface area contributed by atoms with Gasteiger partial charge in [-0.3, -0.25) is 9.69 Å². The predicted molar refractivity (Wildman–Crippen MR) is 135 cm³/mol. The molecule has 1 aromatic heterocycles. The first-order valence-corrected chi connectivity index (χ1v) is 12.4. The zero-order valence-corrected chi connectivity index (χ0v) is 22.2. The Kier molecular flexibility index (Phi) is 9.31. The SMILES string of the molecule is CC(C)(C)OC(=O)N1CCCCC1c1nc2ccc(C(F)(F)F)cc2o1.NC(=O)COc1ccc(Cl)c(F)c1. The van der Waals surface area contributed by atoms with Gasteiger partial charge in [-0.15, -0.1) is 0 Å². The van der Waals surface area contributed by atoms with Crippen molar-refractivity contribution in [2.75, 3.05) is 13.2 Å². The molecule has 0 spiro atoms. The number of nitrogens with two attached hydrogens (primary N) is 1. The van der Waals surface area contributed by atoms with Crippen molar-refractivity contribution in [3.63, 3.8) is 0 Å². The number of carbonyl (C=O) groups excluding carboxylic acids is 2. The monoisotopic (exact) mass is 573 g/mol. The van der Waals surface area contributed by atoms with Crippen molar-refractivity contribution < 1.29 is 41.0 Å². The molecule has 1 atom stereocenters. The molecule has 0 saturated carbocycles. The van der Waals surface area contributed by atoms with Crippen molar-refractivity contribution in [1.82, 2.24) is 9.88 Å². The maximum atomic E-state index is 12.9. The molecule has 2 amide bonds. The standard InChI is InChI=1S/C18H21F3N2O3.C8H7ClFNO2/c1-17(2,3)26-16(24)23-9-5-4-6-13(23)15-22-12-8-7-11(18(19,20)21)10-14(12)25-15;9-6-2-1-5(3-7(6)10)13-4-8(11)12/h7-8,10,13H,4-6,9H2,1-3H3;1-3H,4H2,(H2,11,12).